The Morgan fingerprint density at radius 2 is 1.86 bits per heavy atom. The molecule has 2 unspecified atom stereocenters. The molecule has 7 nitrogen and oxygen atoms in total. The second-order valence-corrected chi connectivity index (χ2v) is 6.25. The van der Waals surface area contributed by atoms with Gasteiger partial charge in [0.05, 0.1) is 13.0 Å². The fourth-order valence-electron chi connectivity index (χ4n) is 1.66. The second kappa shape index (κ2) is 11.4. The Balaban J connectivity index is -0.00000180. The Labute approximate surface area is 149 Å². The maximum absolute atomic E-state index is 11.6. The predicted molar refractivity (Wildman–Crippen MR) is 73.0 cm³/mol. The van der Waals surface area contributed by atoms with Crippen LogP contribution in [0.5, 0.6) is 0 Å². The van der Waals surface area contributed by atoms with Gasteiger partial charge in [-0.2, -0.15) is 8.42 Å². The molecule has 0 rings (SSSR count). The number of hydrogen-bond donors (Lipinski definition) is 2. The summed E-state index contributed by atoms with van der Waals surface area (Å²) in [4.78, 5) is 22.1. The Morgan fingerprint density at radius 3 is 2.24 bits per heavy atom. The second-order valence-electron chi connectivity index (χ2n) is 4.65. The van der Waals surface area contributed by atoms with Crippen molar-refractivity contribution in [3.63, 3.8) is 0 Å². The summed E-state index contributed by atoms with van der Waals surface area (Å²) < 4.78 is 35.7. The number of carbonyl (C=O) groups is 2. The number of aliphatic carboxylic acids is 1. The maximum atomic E-state index is 11.6. The summed E-state index contributed by atoms with van der Waals surface area (Å²) in [5, 5.41) is 6.49. The van der Waals surface area contributed by atoms with Crippen molar-refractivity contribution in [2.24, 2.45) is 5.92 Å². The van der Waals surface area contributed by atoms with Gasteiger partial charge in [-0.15, -0.1) is 0 Å². The SMILES string of the molecule is CCCCC(CC)COC(=O)C(CC(=O)O)S(=O)(=O)O.[H-].[Na+]. The van der Waals surface area contributed by atoms with Crippen LogP contribution in [0.2, 0.25) is 0 Å². The van der Waals surface area contributed by atoms with Crippen molar-refractivity contribution in [3.05, 3.63) is 0 Å². The van der Waals surface area contributed by atoms with Gasteiger partial charge in [0.1, 0.15) is 0 Å². The first-order chi connectivity index (χ1) is 9.22. The van der Waals surface area contributed by atoms with E-state index in [1.54, 1.807) is 0 Å². The Hall–Kier alpha value is -0.150. The number of unbranched alkanes of at least 4 members (excludes halogenated alkanes) is 1. The number of rotatable bonds is 10. The topological polar surface area (TPSA) is 118 Å². The molecule has 0 aromatic carbocycles. The van der Waals surface area contributed by atoms with Gasteiger partial charge < -0.3 is 11.3 Å². The molecular formula is C12H23NaO7S. The van der Waals surface area contributed by atoms with E-state index in [1.807, 2.05) is 13.8 Å². The summed E-state index contributed by atoms with van der Waals surface area (Å²) in [6.45, 7) is 3.98. The van der Waals surface area contributed by atoms with E-state index in [4.69, 9.17) is 14.4 Å². The van der Waals surface area contributed by atoms with Crippen LogP contribution >= 0.6 is 0 Å². The third kappa shape index (κ3) is 10.2. The minimum atomic E-state index is -4.79. The Morgan fingerprint density at radius 1 is 1.29 bits per heavy atom. The zero-order valence-corrected chi connectivity index (χ0v) is 15.6. The molecule has 2 N–H and O–H groups in total. The smallest absolute Gasteiger partial charge is 1.00 e. The van der Waals surface area contributed by atoms with Crippen molar-refractivity contribution in [2.45, 2.75) is 51.2 Å². The third-order valence-corrected chi connectivity index (χ3v) is 4.07. The third-order valence-electron chi connectivity index (χ3n) is 2.99. The monoisotopic (exact) mass is 334 g/mol. The molecule has 0 spiro atoms. The summed E-state index contributed by atoms with van der Waals surface area (Å²) in [6, 6.07) is 0. The van der Waals surface area contributed by atoms with Crippen LogP contribution < -0.4 is 29.6 Å². The molecule has 0 bridgehead atoms. The average Bonchev–Trinajstić information content (AvgIpc) is 2.34. The number of carboxylic acid groups (broad SMARTS) is 1. The van der Waals surface area contributed by atoms with Crippen LogP contribution in [0.1, 0.15) is 47.4 Å². The van der Waals surface area contributed by atoms with E-state index >= 15 is 0 Å². The predicted octanol–water partition coefficient (Wildman–Crippen LogP) is -1.41. The van der Waals surface area contributed by atoms with Crippen LogP contribution in [-0.2, 0) is 24.4 Å². The minimum Gasteiger partial charge on any atom is -1.00 e. The summed E-state index contributed by atoms with van der Waals surface area (Å²) in [5.41, 5.74) is 0. The summed E-state index contributed by atoms with van der Waals surface area (Å²) in [6.07, 6.45) is 2.56. The van der Waals surface area contributed by atoms with Crippen LogP contribution in [0.4, 0.5) is 0 Å². The molecule has 0 aromatic heterocycles. The van der Waals surface area contributed by atoms with E-state index in [0.29, 0.717) is 0 Å². The zero-order chi connectivity index (χ0) is 15.8. The van der Waals surface area contributed by atoms with E-state index in [-0.39, 0.29) is 43.5 Å². The minimum absolute atomic E-state index is 0. The van der Waals surface area contributed by atoms with Crippen LogP contribution in [0.3, 0.4) is 0 Å². The molecule has 0 amide bonds. The molecule has 0 aliphatic rings. The maximum Gasteiger partial charge on any atom is 1.00 e. The van der Waals surface area contributed by atoms with Gasteiger partial charge in [-0.05, 0) is 12.3 Å². The molecule has 0 saturated heterocycles. The normalized spacial score (nSPS) is 13.9. The quantitative estimate of drug-likeness (QED) is 0.286. The Bertz CT molecular complexity index is 427. The summed E-state index contributed by atoms with van der Waals surface area (Å²) in [5.74, 6) is -2.61. The van der Waals surface area contributed by atoms with Crippen molar-refractivity contribution in [1.82, 2.24) is 0 Å². The van der Waals surface area contributed by atoms with E-state index in [0.717, 1.165) is 25.7 Å². The summed E-state index contributed by atoms with van der Waals surface area (Å²) in [7, 11) is -4.79. The molecule has 120 valence electrons. The number of esters is 1. The van der Waals surface area contributed by atoms with E-state index < -0.39 is 33.7 Å². The zero-order valence-electron chi connectivity index (χ0n) is 13.7. The van der Waals surface area contributed by atoms with Crippen LogP contribution in [0.15, 0.2) is 0 Å². The first-order valence-corrected chi connectivity index (χ1v) is 8.07. The van der Waals surface area contributed by atoms with Gasteiger partial charge >= 0.3 is 41.5 Å². The first-order valence-electron chi connectivity index (χ1n) is 6.57. The van der Waals surface area contributed by atoms with Crippen molar-refractivity contribution in [2.75, 3.05) is 6.61 Å². The van der Waals surface area contributed by atoms with Gasteiger partial charge in [-0.3, -0.25) is 14.1 Å². The molecule has 2 atom stereocenters. The van der Waals surface area contributed by atoms with Crippen LogP contribution in [0, 0.1) is 5.92 Å². The molecule has 0 fully saturated rings. The van der Waals surface area contributed by atoms with Crippen molar-refractivity contribution < 1.29 is 63.4 Å². The fraction of sp³-hybridized carbons (Fsp3) is 0.833. The van der Waals surface area contributed by atoms with Gasteiger partial charge in [-0.25, -0.2) is 0 Å². The van der Waals surface area contributed by atoms with E-state index in [1.165, 1.54) is 0 Å². The number of ether oxygens (including phenoxy) is 1. The van der Waals surface area contributed by atoms with Crippen molar-refractivity contribution in [3.8, 4) is 0 Å². The van der Waals surface area contributed by atoms with E-state index in [9.17, 15) is 18.0 Å². The van der Waals surface area contributed by atoms with Gasteiger partial charge in [0.15, 0.2) is 5.25 Å². The van der Waals surface area contributed by atoms with Crippen LogP contribution in [0.25, 0.3) is 0 Å². The Kier molecular flexibility index (Phi) is 12.6. The van der Waals surface area contributed by atoms with Crippen molar-refractivity contribution in [1.29, 1.82) is 0 Å². The molecule has 0 saturated carbocycles. The van der Waals surface area contributed by atoms with E-state index in [2.05, 4.69) is 0 Å². The molecule has 0 aliphatic carbocycles. The number of hydrogen-bond acceptors (Lipinski definition) is 5. The molecule has 0 aromatic rings. The van der Waals surface area contributed by atoms with Crippen LogP contribution in [-0.4, -0.2) is 41.9 Å². The molecule has 0 radical (unpaired) electrons. The largest absolute Gasteiger partial charge is 1.00 e. The molecule has 0 heterocycles. The fourth-order valence-corrected chi connectivity index (χ4v) is 2.32. The van der Waals surface area contributed by atoms with Gasteiger partial charge in [0.25, 0.3) is 10.1 Å². The van der Waals surface area contributed by atoms with Gasteiger partial charge in [-0.1, -0.05) is 33.1 Å². The first kappa shape index (κ1) is 23.1. The molecule has 0 aliphatic heterocycles. The number of carbonyl (C=O) groups excluding carboxylic acids is 1. The standard InChI is InChI=1S/C12H22O7S.Na.H/c1-3-5-6-9(4-2)8-19-12(15)10(7-11(13)14)20(16,17)18;;/h9-10H,3-8H2,1-2H3,(H,13,14)(H,16,17,18);;/q;+1;-1. The molecule has 21 heavy (non-hydrogen) atoms. The summed E-state index contributed by atoms with van der Waals surface area (Å²) >= 11 is 0. The van der Waals surface area contributed by atoms with Gasteiger partial charge in [0.2, 0.25) is 0 Å². The molecular weight excluding hydrogens is 311 g/mol. The van der Waals surface area contributed by atoms with Crippen molar-refractivity contribution >= 4 is 22.1 Å². The number of carboxylic acids is 1. The molecule has 9 heteroatoms. The average molecular weight is 334 g/mol. The van der Waals surface area contributed by atoms with Gasteiger partial charge in [0, 0.05) is 0 Å².